The summed E-state index contributed by atoms with van der Waals surface area (Å²) in [7, 11) is 0. The van der Waals surface area contributed by atoms with Gasteiger partial charge in [-0.25, -0.2) is 0 Å². The molecule has 0 unspecified atom stereocenters. The Morgan fingerprint density at radius 1 is 1.29 bits per heavy atom. The van der Waals surface area contributed by atoms with Gasteiger partial charge in [0, 0.05) is 22.7 Å². The molecule has 1 aromatic rings. The number of nitrogen functional groups attached to an aromatic ring is 1. The maximum Gasteiger partial charge on any atom is 0.0361 e. The van der Waals surface area contributed by atoms with E-state index in [9.17, 15) is 0 Å². The molecule has 0 radical (unpaired) electrons. The van der Waals surface area contributed by atoms with Crippen molar-refractivity contribution in [3.63, 3.8) is 0 Å². The molecule has 0 atom stereocenters. The number of anilines is 2. The minimum absolute atomic E-state index is 0.433. The second-order valence-electron chi connectivity index (χ2n) is 4.93. The van der Waals surface area contributed by atoms with Gasteiger partial charge in [-0.1, -0.05) is 25.3 Å². The minimum atomic E-state index is 0.433. The molecular weight excluding hydrogens is 228 g/mol. The van der Waals surface area contributed by atoms with E-state index in [-0.39, 0.29) is 0 Å². The number of thioether (sulfide) groups is 1. The van der Waals surface area contributed by atoms with Crippen molar-refractivity contribution >= 4 is 23.1 Å². The van der Waals surface area contributed by atoms with Crippen LogP contribution >= 0.6 is 11.8 Å². The van der Waals surface area contributed by atoms with Crippen molar-refractivity contribution in [2.75, 3.05) is 23.9 Å². The molecule has 2 nitrogen and oxygen atoms in total. The average Bonchev–Trinajstić information content (AvgIpc) is 2.38. The molecule has 0 bridgehead atoms. The Balaban J connectivity index is 1.95. The predicted octanol–water partition coefficient (Wildman–Crippen LogP) is 3.75. The van der Waals surface area contributed by atoms with Gasteiger partial charge in [-0.2, -0.15) is 11.8 Å². The number of nitrogens with one attached hydrogen (secondary N) is 1. The fourth-order valence-corrected chi connectivity index (χ4v) is 3.47. The molecule has 3 N–H and O–H groups in total. The van der Waals surface area contributed by atoms with E-state index in [2.05, 4.69) is 17.6 Å². The van der Waals surface area contributed by atoms with Crippen molar-refractivity contribution in [1.29, 1.82) is 0 Å². The first-order chi connectivity index (χ1) is 8.24. The van der Waals surface area contributed by atoms with Crippen LogP contribution < -0.4 is 11.1 Å². The molecule has 2 rings (SSSR count). The summed E-state index contributed by atoms with van der Waals surface area (Å²) in [6.07, 6.45) is 9.07. The molecular formula is C14H22N2S. The molecule has 0 aliphatic heterocycles. The molecule has 17 heavy (non-hydrogen) atoms. The lowest BCUT2D eigenvalue weighted by Gasteiger charge is -2.36. The van der Waals surface area contributed by atoms with Gasteiger partial charge in [0.2, 0.25) is 0 Å². The summed E-state index contributed by atoms with van der Waals surface area (Å²) >= 11 is 2.02. The van der Waals surface area contributed by atoms with E-state index in [4.69, 9.17) is 5.73 Å². The van der Waals surface area contributed by atoms with Crippen LogP contribution in [0.15, 0.2) is 24.3 Å². The lowest BCUT2D eigenvalue weighted by molar-refractivity contribution is 0.411. The molecule has 1 aliphatic carbocycles. The summed E-state index contributed by atoms with van der Waals surface area (Å²) in [4.78, 5) is 0. The van der Waals surface area contributed by atoms with Crippen LogP contribution in [0.5, 0.6) is 0 Å². The van der Waals surface area contributed by atoms with Gasteiger partial charge in [-0.3, -0.25) is 0 Å². The standard InChI is InChI=1S/C14H22N2S/c1-17-14(8-3-2-4-9-14)11-16-13-7-5-6-12(15)10-13/h5-7,10,16H,2-4,8-9,11,15H2,1H3. The van der Waals surface area contributed by atoms with Crippen LogP contribution in [-0.4, -0.2) is 17.5 Å². The molecule has 0 heterocycles. The number of rotatable bonds is 4. The monoisotopic (exact) mass is 250 g/mol. The molecule has 94 valence electrons. The molecule has 1 fully saturated rings. The second-order valence-corrected chi connectivity index (χ2v) is 6.20. The molecule has 3 heteroatoms. The van der Waals surface area contributed by atoms with E-state index in [0.29, 0.717) is 4.75 Å². The number of nitrogens with two attached hydrogens (primary N) is 1. The third-order valence-electron chi connectivity index (χ3n) is 3.70. The summed E-state index contributed by atoms with van der Waals surface area (Å²) in [5.41, 5.74) is 7.76. The highest BCUT2D eigenvalue weighted by atomic mass is 32.2. The van der Waals surface area contributed by atoms with Crippen LogP contribution in [0.1, 0.15) is 32.1 Å². The molecule has 0 spiro atoms. The highest BCUT2D eigenvalue weighted by Crippen LogP contribution is 2.38. The predicted molar refractivity (Wildman–Crippen MR) is 78.7 cm³/mol. The zero-order valence-electron chi connectivity index (χ0n) is 10.5. The first-order valence-corrected chi connectivity index (χ1v) is 7.61. The number of hydrogen-bond donors (Lipinski definition) is 2. The van der Waals surface area contributed by atoms with Crippen molar-refractivity contribution < 1.29 is 0 Å². The SMILES string of the molecule is CSC1(CNc2cccc(N)c2)CCCCC1. The van der Waals surface area contributed by atoms with Gasteiger partial charge in [0.15, 0.2) is 0 Å². The highest BCUT2D eigenvalue weighted by Gasteiger charge is 2.30. The Morgan fingerprint density at radius 2 is 2.06 bits per heavy atom. The van der Waals surface area contributed by atoms with Crippen molar-refractivity contribution in [2.24, 2.45) is 0 Å². The maximum atomic E-state index is 5.79. The summed E-state index contributed by atoms with van der Waals surface area (Å²) < 4.78 is 0.433. The van der Waals surface area contributed by atoms with E-state index in [1.54, 1.807) is 0 Å². The van der Waals surface area contributed by atoms with Gasteiger partial charge in [-0.15, -0.1) is 0 Å². The van der Waals surface area contributed by atoms with E-state index in [1.165, 1.54) is 32.1 Å². The molecule has 0 aromatic heterocycles. The zero-order valence-corrected chi connectivity index (χ0v) is 11.4. The number of hydrogen-bond acceptors (Lipinski definition) is 3. The summed E-state index contributed by atoms with van der Waals surface area (Å²) in [6, 6.07) is 8.03. The smallest absolute Gasteiger partial charge is 0.0361 e. The van der Waals surface area contributed by atoms with Crippen LogP contribution in [0.4, 0.5) is 11.4 Å². The van der Waals surface area contributed by atoms with Gasteiger partial charge in [0.25, 0.3) is 0 Å². The fraction of sp³-hybridized carbons (Fsp3) is 0.571. The third-order valence-corrected chi connectivity index (χ3v) is 5.12. The minimum Gasteiger partial charge on any atom is -0.399 e. The van der Waals surface area contributed by atoms with Crippen molar-refractivity contribution in [2.45, 2.75) is 36.9 Å². The van der Waals surface area contributed by atoms with Gasteiger partial charge < -0.3 is 11.1 Å². The Hall–Kier alpha value is -0.830. The fourth-order valence-electron chi connectivity index (χ4n) is 2.56. The van der Waals surface area contributed by atoms with Gasteiger partial charge in [-0.05, 0) is 37.3 Å². The Morgan fingerprint density at radius 3 is 2.71 bits per heavy atom. The van der Waals surface area contributed by atoms with Gasteiger partial charge in [0.05, 0.1) is 0 Å². The van der Waals surface area contributed by atoms with Crippen LogP contribution in [0.2, 0.25) is 0 Å². The van der Waals surface area contributed by atoms with E-state index in [0.717, 1.165) is 17.9 Å². The first kappa shape index (κ1) is 12.6. The van der Waals surface area contributed by atoms with Crippen molar-refractivity contribution in [3.8, 4) is 0 Å². The average molecular weight is 250 g/mol. The molecule has 1 aliphatic rings. The van der Waals surface area contributed by atoms with E-state index >= 15 is 0 Å². The highest BCUT2D eigenvalue weighted by molar-refractivity contribution is 8.00. The van der Waals surface area contributed by atoms with Crippen LogP contribution in [0.25, 0.3) is 0 Å². The third kappa shape index (κ3) is 3.32. The van der Waals surface area contributed by atoms with Crippen molar-refractivity contribution in [1.82, 2.24) is 0 Å². The van der Waals surface area contributed by atoms with Crippen LogP contribution in [0.3, 0.4) is 0 Å². The normalized spacial score (nSPS) is 18.9. The second kappa shape index (κ2) is 5.67. The molecule has 0 amide bonds. The lowest BCUT2D eigenvalue weighted by atomic mass is 9.88. The molecule has 1 saturated carbocycles. The topological polar surface area (TPSA) is 38.0 Å². The first-order valence-electron chi connectivity index (χ1n) is 6.39. The maximum absolute atomic E-state index is 5.79. The summed E-state index contributed by atoms with van der Waals surface area (Å²) in [6.45, 7) is 1.05. The van der Waals surface area contributed by atoms with Crippen molar-refractivity contribution in [3.05, 3.63) is 24.3 Å². The zero-order chi connectivity index (χ0) is 12.1. The Labute approximate surface area is 108 Å². The Bertz CT molecular complexity index is 359. The van der Waals surface area contributed by atoms with Gasteiger partial charge in [0.1, 0.15) is 0 Å². The summed E-state index contributed by atoms with van der Waals surface area (Å²) in [5.74, 6) is 0. The lowest BCUT2D eigenvalue weighted by Crippen LogP contribution is -2.35. The molecule has 1 aromatic carbocycles. The van der Waals surface area contributed by atoms with Gasteiger partial charge >= 0.3 is 0 Å². The Kier molecular flexibility index (Phi) is 4.21. The van der Waals surface area contributed by atoms with Crippen LogP contribution in [-0.2, 0) is 0 Å². The largest absolute Gasteiger partial charge is 0.399 e. The van der Waals surface area contributed by atoms with E-state index in [1.807, 2.05) is 30.0 Å². The van der Waals surface area contributed by atoms with Crippen LogP contribution in [0, 0.1) is 0 Å². The quantitative estimate of drug-likeness (QED) is 0.799. The molecule has 0 saturated heterocycles. The van der Waals surface area contributed by atoms with E-state index < -0.39 is 0 Å². The number of benzene rings is 1. The summed E-state index contributed by atoms with van der Waals surface area (Å²) in [5, 5.41) is 3.55.